The number of piperazine rings is 1. The van der Waals surface area contributed by atoms with Gasteiger partial charge in [0.05, 0.1) is 5.56 Å². The molecule has 3 rings (SSSR count). The van der Waals surface area contributed by atoms with E-state index in [0.717, 1.165) is 45.7 Å². The van der Waals surface area contributed by atoms with Crippen LogP contribution >= 0.6 is 0 Å². The second-order valence-corrected chi connectivity index (χ2v) is 8.00. The standard InChI is InChI=1S/C23H32N4O/c1-18(2)10-12-25-22-21(9-6-11-24-22)23(28)27-15-13-26(14-16-27)17-20-8-5-4-7-19(20)3/h4-9,11,18H,10,12-17H2,1-3H3,(H,24,25). The molecule has 0 aliphatic carbocycles. The van der Waals surface area contributed by atoms with E-state index in [1.54, 1.807) is 6.20 Å². The van der Waals surface area contributed by atoms with Gasteiger partial charge in [0.1, 0.15) is 5.82 Å². The molecule has 28 heavy (non-hydrogen) atoms. The van der Waals surface area contributed by atoms with Crippen molar-refractivity contribution in [3.63, 3.8) is 0 Å². The number of hydrogen-bond donors (Lipinski definition) is 1. The van der Waals surface area contributed by atoms with E-state index in [2.05, 4.69) is 60.2 Å². The Morgan fingerprint density at radius 2 is 1.86 bits per heavy atom. The molecule has 1 aliphatic heterocycles. The van der Waals surface area contributed by atoms with Crippen LogP contribution in [0.4, 0.5) is 5.82 Å². The molecule has 0 spiro atoms. The Hall–Kier alpha value is -2.40. The molecule has 0 atom stereocenters. The van der Waals surface area contributed by atoms with Gasteiger partial charge >= 0.3 is 0 Å². The van der Waals surface area contributed by atoms with Crippen LogP contribution < -0.4 is 5.32 Å². The summed E-state index contributed by atoms with van der Waals surface area (Å²) in [5, 5.41) is 3.34. The first-order chi connectivity index (χ1) is 13.5. The lowest BCUT2D eigenvalue weighted by molar-refractivity contribution is 0.0629. The minimum atomic E-state index is 0.0793. The van der Waals surface area contributed by atoms with Gasteiger partial charge in [0, 0.05) is 45.5 Å². The van der Waals surface area contributed by atoms with Crippen molar-refractivity contribution in [3.05, 3.63) is 59.3 Å². The molecule has 5 heteroatoms. The van der Waals surface area contributed by atoms with E-state index in [-0.39, 0.29) is 5.91 Å². The summed E-state index contributed by atoms with van der Waals surface area (Å²) in [6.45, 7) is 11.6. The number of aromatic nitrogens is 1. The summed E-state index contributed by atoms with van der Waals surface area (Å²) in [4.78, 5) is 21.9. The maximum absolute atomic E-state index is 13.1. The van der Waals surface area contributed by atoms with Crippen molar-refractivity contribution in [2.24, 2.45) is 5.92 Å². The van der Waals surface area contributed by atoms with Crippen molar-refractivity contribution in [2.75, 3.05) is 38.0 Å². The zero-order valence-corrected chi connectivity index (χ0v) is 17.3. The summed E-state index contributed by atoms with van der Waals surface area (Å²) in [6.07, 6.45) is 2.80. The lowest BCUT2D eigenvalue weighted by Gasteiger charge is -2.35. The van der Waals surface area contributed by atoms with Crippen LogP contribution in [-0.4, -0.2) is 53.4 Å². The van der Waals surface area contributed by atoms with E-state index in [4.69, 9.17) is 0 Å². The van der Waals surface area contributed by atoms with Crippen molar-refractivity contribution >= 4 is 11.7 Å². The molecule has 1 aromatic heterocycles. The number of pyridine rings is 1. The highest BCUT2D eigenvalue weighted by molar-refractivity contribution is 5.98. The number of nitrogens with zero attached hydrogens (tertiary/aromatic N) is 3. The Kier molecular flexibility index (Phi) is 7.04. The first-order valence-electron chi connectivity index (χ1n) is 10.3. The molecule has 0 saturated carbocycles. The van der Waals surface area contributed by atoms with Gasteiger partial charge in [-0.2, -0.15) is 0 Å². The second kappa shape index (κ2) is 9.69. The van der Waals surface area contributed by atoms with Gasteiger partial charge in [-0.3, -0.25) is 9.69 Å². The first-order valence-corrected chi connectivity index (χ1v) is 10.3. The van der Waals surface area contributed by atoms with Crippen molar-refractivity contribution < 1.29 is 4.79 Å². The number of amides is 1. The molecule has 0 radical (unpaired) electrons. The minimum absolute atomic E-state index is 0.0793. The van der Waals surface area contributed by atoms with Gasteiger partial charge < -0.3 is 10.2 Å². The number of rotatable bonds is 7. The lowest BCUT2D eigenvalue weighted by Crippen LogP contribution is -2.48. The van der Waals surface area contributed by atoms with Gasteiger partial charge in [-0.05, 0) is 42.5 Å². The molecule has 2 heterocycles. The Morgan fingerprint density at radius 1 is 1.11 bits per heavy atom. The number of carbonyl (C=O) groups is 1. The van der Waals surface area contributed by atoms with Crippen LogP contribution in [0.5, 0.6) is 0 Å². The largest absolute Gasteiger partial charge is 0.369 e. The van der Waals surface area contributed by atoms with E-state index >= 15 is 0 Å². The average molecular weight is 381 g/mol. The Labute approximate surface area is 168 Å². The molecule has 150 valence electrons. The fourth-order valence-corrected chi connectivity index (χ4v) is 3.51. The monoisotopic (exact) mass is 380 g/mol. The number of aryl methyl sites for hydroxylation is 1. The van der Waals surface area contributed by atoms with Crippen LogP contribution in [0.1, 0.15) is 41.8 Å². The number of carbonyl (C=O) groups excluding carboxylic acids is 1. The van der Waals surface area contributed by atoms with Crippen LogP contribution in [0, 0.1) is 12.8 Å². The number of benzene rings is 1. The van der Waals surface area contributed by atoms with Crippen LogP contribution in [0.2, 0.25) is 0 Å². The summed E-state index contributed by atoms with van der Waals surface area (Å²) >= 11 is 0. The van der Waals surface area contributed by atoms with Crippen LogP contribution in [0.15, 0.2) is 42.6 Å². The second-order valence-electron chi connectivity index (χ2n) is 8.00. The summed E-state index contributed by atoms with van der Waals surface area (Å²) < 4.78 is 0. The molecule has 1 aliphatic rings. The van der Waals surface area contributed by atoms with Gasteiger partial charge in [0.25, 0.3) is 5.91 Å². The zero-order valence-electron chi connectivity index (χ0n) is 17.3. The molecular weight excluding hydrogens is 348 g/mol. The molecule has 0 unspecified atom stereocenters. The van der Waals surface area contributed by atoms with E-state index in [9.17, 15) is 4.79 Å². The molecule has 0 bridgehead atoms. The van der Waals surface area contributed by atoms with E-state index in [1.807, 2.05) is 17.0 Å². The quantitative estimate of drug-likeness (QED) is 0.794. The summed E-state index contributed by atoms with van der Waals surface area (Å²) in [7, 11) is 0. The zero-order chi connectivity index (χ0) is 19.9. The van der Waals surface area contributed by atoms with Crippen molar-refractivity contribution in [3.8, 4) is 0 Å². The topological polar surface area (TPSA) is 48.5 Å². The third-order valence-electron chi connectivity index (χ3n) is 5.37. The van der Waals surface area contributed by atoms with Crippen LogP contribution in [0.3, 0.4) is 0 Å². The molecule has 5 nitrogen and oxygen atoms in total. The molecule has 1 saturated heterocycles. The molecular formula is C23H32N4O. The highest BCUT2D eigenvalue weighted by Gasteiger charge is 2.24. The SMILES string of the molecule is Cc1ccccc1CN1CCN(C(=O)c2cccnc2NCCC(C)C)CC1. The van der Waals surface area contributed by atoms with Gasteiger partial charge in [-0.15, -0.1) is 0 Å². The number of anilines is 1. The normalized spacial score (nSPS) is 15.1. The molecule has 1 fully saturated rings. The Morgan fingerprint density at radius 3 is 2.57 bits per heavy atom. The fraction of sp³-hybridized carbons (Fsp3) is 0.478. The van der Waals surface area contributed by atoms with Crippen molar-refractivity contribution in [1.82, 2.24) is 14.8 Å². The first kappa shape index (κ1) is 20.3. The van der Waals surface area contributed by atoms with E-state index in [0.29, 0.717) is 17.3 Å². The van der Waals surface area contributed by atoms with Crippen molar-refractivity contribution in [1.29, 1.82) is 0 Å². The Balaban J connectivity index is 1.57. The van der Waals surface area contributed by atoms with Crippen LogP contribution in [-0.2, 0) is 6.54 Å². The third kappa shape index (κ3) is 5.32. The fourth-order valence-electron chi connectivity index (χ4n) is 3.51. The van der Waals surface area contributed by atoms with Gasteiger partial charge in [-0.25, -0.2) is 4.98 Å². The van der Waals surface area contributed by atoms with Gasteiger partial charge in [0.2, 0.25) is 0 Å². The van der Waals surface area contributed by atoms with Crippen LogP contribution in [0.25, 0.3) is 0 Å². The predicted octanol–water partition coefficient (Wildman–Crippen LogP) is 3.81. The van der Waals surface area contributed by atoms with Gasteiger partial charge in [-0.1, -0.05) is 38.1 Å². The summed E-state index contributed by atoms with van der Waals surface area (Å²) in [5.41, 5.74) is 3.37. The maximum atomic E-state index is 13.1. The van der Waals surface area contributed by atoms with Gasteiger partial charge in [0.15, 0.2) is 0 Å². The smallest absolute Gasteiger partial charge is 0.257 e. The molecule has 1 N–H and O–H groups in total. The van der Waals surface area contributed by atoms with E-state index < -0.39 is 0 Å². The summed E-state index contributed by atoms with van der Waals surface area (Å²) in [6, 6.07) is 12.2. The lowest BCUT2D eigenvalue weighted by atomic mass is 10.1. The minimum Gasteiger partial charge on any atom is -0.369 e. The predicted molar refractivity (Wildman–Crippen MR) is 115 cm³/mol. The maximum Gasteiger partial charge on any atom is 0.257 e. The molecule has 1 amide bonds. The summed E-state index contributed by atoms with van der Waals surface area (Å²) in [5.74, 6) is 1.41. The average Bonchev–Trinajstić information content (AvgIpc) is 2.70. The molecule has 2 aromatic rings. The van der Waals surface area contributed by atoms with Crippen molar-refractivity contribution in [2.45, 2.75) is 33.7 Å². The molecule has 1 aromatic carbocycles. The van der Waals surface area contributed by atoms with E-state index in [1.165, 1.54) is 11.1 Å². The number of nitrogens with one attached hydrogen (secondary N) is 1. The third-order valence-corrected chi connectivity index (χ3v) is 5.37. The Bertz CT molecular complexity index is 782. The number of hydrogen-bond acceptors (Lipinski definition) is 4. The highest BCUT2D eigenvalue weighted by atomic mass is 16.2. The highest BCUT2D eigenvalue weighted by Crippen LogP contribution is 2.18.